The second-order valence-corrected chi connectivity index (χ2v) is 6.28. The Bertz CT molecular complexity index is 583. The SMILES string of the molecule is CCCC[n+]1ccccc1.CCCC[n+]1ccccc1.O=S(=O)(O)O. The third kappa shape index (κ3) is 18.4. The van der Waals surface area contributed by atoms with Gasteiger partial charge in [0.25, 0.3) is 0 Å². The van der Waals surface area contributed by atoms with Crippen molar-refractivity contribution in [3.05, 3.63) is 61.2 Å². The van der Waals surface area contributed by atoms with Crippen molar-refractivity contribution in [3.8, 4) is 0 Å². The molecule has 0 aliphatic carbocycles. The molecule has 0 radical (unpaired) electrons. The molecule has 0 aromatic carbocycles. The highest BCUT2D eigenvalue weighted by Gasteiger charge is 1.94. The maximum absolute atomic E-state index is 8.74. The highest BCUT2D eigenvalue weighted by Crippen LogP contribution is 1.86. The van der Waals surface area contributed by atoms with Crippen LogP contribution in [0.1, 0.15) is 39.5 Å². The van der Waals surface area contributed by atoms with E-state index in [2.05, 4.69) is 72.0 Å². The van der Waals surface area contributed by atoms with Gasteiger partial charge in [-0.1, -0.05) is 38.8 Å². The van der Waals surface area contributed by atoms with E-state index in [0.29, 0.717) is 0 Å². The van der Waals surface area contributed by atoms with Crippen molar-refractivity contribution < 1.29 is 26.7 Å². The number of aromatic nitrogens is 2. The van der Waals surface area contributed by atoms with Gasteiger partial charge in [0.05, 0.1) is 0 Å². The van der Waals surface area contributed by atoms with Gasteiger partial charge in [-0.25, -0.2) is 9.13 Å². The molecule has 140 valence electrons. The zero-order chi connectivity index (χ0) is 19.0. The smallest absolute Gasteiger partial charge is 0.264 e. The van der Waals surface area contributed by atoms with Crippen LogP contribution in [0.15, 0.2) is 61.2 Å². The van der Waals surface area contributed by atoms with Crippen molar-refractivity contribution in [2.24, 2.45) is 0 Å². The first-order valence-corrected chi connectivity index (χ1v) is 9.84. The molecule has 0 saturated heterocycles. The fourth-order valence-electron chi connectivity index (χ4n) is 1.85. The molecule has 2 rings (SSSR count). The van der Waals surface area contributed by atoms with Gasteiger partial charge >= 0.3 is 10.4 Å². The number of nitrogens with zero attached hydrogens (tertiary/aromatic N) is 2. The Labute approximate surface area is 151 Å². The summed E-state index contributed by atoms with van der Waals surface area (Å²) in [6.07, 6.45) is 13.5. The predicted molar refractivity (Wildman–Crippen MR) is 97.3 cm³/mol. The lowest BCUT2D eigenvalue weighted by atomic mass is 10.3. The predicted octanol–water partition coefficient (Wildman–Crippen LogP) is 2.90. The van der Waals surface area contributed by atoms with Gasteiger partial charge < -0.3 is 0 Å². The van der Waals surface area contributed by atoms with Gasteiger partial charge in [0, 0.05) is 37.1 Å². The molecule has 0 spiro atoms. The van der Waals surface area contributed by atoms with Crippen molar-refractivity contribution in [2.45, 2.75) is 52.6 Å². The standard InChI is InChI=1S/2C9H14N.H2O4S/c2*1-2-3-7-10-8-5-4-6-9-10;1-5(2,3)4/h2*4-6,8-9H,2-3,7H2,1H3;(H2,1,2,3,4)/q2*+1;. The van der Waals surface area contributed by atoms with Crippen molar-refractivity contribution in [2.75, 3.05) is 0 Å². The third-order valence-electron chi connectivity index (χ3n) is 3.09. The molecule has 2 heterocycles. The Morgan fingerprint density at radius 1 is 0.680 bits per heavy atom. The lowest BCUT2D eigenvalue weighted by molar-refractivity contribution is -0.697. The molecule has 0 atom stereocenters. The van der Waals surface area contributed by atoms with Gasteiger partial charge in [0.2, 0.25) is 0 Å². The molecular weight excluding hydrogens is 340 g/mol. The first kappa shape index (κ1) is 23.2. The summed E-state index contributed by atoms with van der Waals surface area (Å²) in [6.45, 7) is 6.72. The van der Waals surface area contributed by atoms with Crippen LogP contribution in [-0.2, 0) is 23.5 Å². The molecule has 0 fully saturated rings. The first-order valence-electron chi connectivity index (χ1n) is 8.44. The summed E-state index contributed by atoms with van der Waals surface area (Å²) in [5.74, 6) is 0. The number of hydrogen-bond acceptors (Lipinski definition) is 2. The van der Waals surface area contributed by atoms with E-state index < -0.39 is 10.4 Å². The average Bonchev–Trinajstić information content (AvgIpc) is 2.59. The number of rotatable bonds is 6. The zero-order valence-electron chi connectivity index (χ0n) is 15.0. The van der Waals surface area contributed by atoms with Crippen molar-refractivity contribution >= 4 is 10.4 Å². The van der Waals surface area contributed by atoms with Crippen LogP contribution in [0.5, 0.6) is 0 Å². The minimum Gasteiger partial charge on any atom is -0.264 e. The van der Waals surface area contributed by atoms with Crippen LogP contribution in [-0.4, -0.2) is 17.5 Å². The number of hydrogen-bond donors (Lipinski definition) is 2. The first-order chi connectivity index (χ1) is 11.9. The van der Waals surface area contributed by atoms with Crippen LogP contribution >= 0.6 is 0 Å². The Balaban J connectivity index is 0.000000368. The van der Waals surface area contributed by atoms with E-state index in [1.165, 1.54) is 25.7 Å². The quantitative estimate of drug-likeness (QED) is 0.605. The fourth-order valence-corrected chi connectivity index (χ4v) is 1.85. The normalized spacial score (nSPS) is 10.1. The van der Waals surface area contributed by atoms with Crippen LogP contribution in [0.4, 0.5) is 0 Å². The lowest BCUT2D eigenvalue weighted by Crippen LogP contribution is -2.31. The highest BCUT2D eigenvalue weighted by molar-refractivity contribution is 7.79. The Morgan fingerprint density at radius 3 is 1.20 bits per heavy atom. The van der Waals surface area contributed by atoms with Gasteiger partial charge in [-0.2, -0.15) is 8.42 Å². The lowest BCUT2D eigenvalue weighted by Gasteiger charge is -1.91. The fraction of sp³-hybridized carbons (Fsp3) is 0.444. The molecule has 0 unspecified atom stereocenters. The minimum atomic E-state index is -4.67. The van der Waals surface area contributed by atoms with E-state index in [4.69, 9.17) is 17.5 Å². The van der Waals surface area contributed by atoms with Crippen LogP contribution in [0.2, 0.25) is 0 Å². The van der Waals surface area contributed by atoms with E-state index in [0.717, 1.165) is 13.1 Å². The van der Waals surface area contributed by atoms with Crippen molar-refractivity contribution in [3.63, 3.8) is 0 Å². The number of unbranched alkanes of at least 4 members (excludes halogenated alkanes) is 2. The molecule has 0 bridgehead atoms. The summed E-state index contributed by atoms with van der Waals surface area (Å²) in [7, 11) is -4.67. The maximum Gasteiger partial charge on any atom is 0.394 e. The molecular formula is C18H30N2O4S+2. The summed E-state index contributed by atoms with van der Waals surface area (Å²) >= 11 is 0. The summed E-state index contributed by atoms with van der Waals surface area (Å²) in [5, 5.41) is 0. The third-order valence-corrected chi connectivity index (χ3v) is 3.09. The molecule has 0 aliphatic rings. The van der Waals surface area contributed by atoms with Crippen LogP contribution < -0.4 is 9.13 Å². The van der Waals surface area contributed by atoms with Crippen molar-refractivity contribution in [1.82, 2.24) is 0 Å². The highest BCUT2D eigenvalue weighted by atomic mass is 32.3. The van der Waals surface area contributed by atoms with Gasteiger partial charge in [0.1, 0.15) is 13.1 Å². The minimum absolute atomic E-state index is 1.15. The van der Waals surface area contributed by atoms with E-state index in [1.807, 2.05) is 12.1 Å². The molecule has 25 heavy (non-hydrogen) atoms. The largest absolute Gasteiger partial charge is 0.394 e. The number of pyridine rings is 2. The van der Waals surface area contributed by atoms with Crippen LogP contribution in [0.3, 0.4) is 0 Å². The second kappa shape index (κ2) is 14.5. The average molecular weight is 371 g/mol. The topological polar surface area (TPSA) is 82.4 Å². The molecule has 6 nitrogen and oxygen atoms in total. The van der Waals surface area contributed by atoms with E-state index >= 15 is 0 Å². The molecule has 0 amide bonds. The summed E-state index contributed by atoms with van der Waals surface area (Å²) in [4.78, 5) is 0. The van der Waals surface area contributed by atoms with Crippen molar-refractivity contribution in [1.29, 1.82) is 0 Å². The Morgan fingerprint density at radius 2 is 0.960 bits per heavy atom. The summed E-state index contributed by atoms with van der Waals surface area (Å²) < 4.78 is 36.0. The maximum atomic E-state index is 8.74. The second-order valence-electron chi connectivity index (χ2n) is 5.38. The van der Waals surface area contributed by atoms with Gasteiger partial charge in [-0.15, -0.1) is 0 Å². The van der Waals surface area contributed by atoms with Gasteiger partial charge in [0.15, 0.2) is 24.8 Å². The monoisotopic (exact) mass is 370 g/mol. The molecule has 2 aromatic heterocycles. The van der Waals surface area contributed by atoms with Crippen LogP contribution in [0.25, 0.3) is 0 Å². The van der Waals surface area contributed by atoms with Crippen LogP contribution in [0, 0.1) is 0 Å². The van der Waals surface area contributed by atoms with E-state index in [-0.39, 0.29) is 0 Å². The summed E-state index contributed by atoms with van der Waals surface area (Å²) in [5.41, 5.74) is 0. The molecule has 0 aliphatic heterocycles. The van der Waals surface area contributed by atoms with Gasteiger partial charge in [-0.3, -0.25) is 9.11 Å². The molecule has 2 N–H and O–H groups in total. The Hall–Kier alpha value is -1.83. The zero-order valence-corrected chi connectivity index (χ0v) is 15.8. The molecule has 0 saturated carbocycles. The Kier molecular flexibility index (Phi) is 13.4. The molecule has 2 aromatic rings. The number of aryl methyl sites for hydroxylation is 2. The summed E-state index contributed by atoms with van der Waals surface area (Å²) in [6, 6.07) is 12.3. The van der Waals surface area contributed by atoms with E-state index in [1.54, 1.807) is 0 Å². The molecule has 7 heteroatoms. The van der Waals surface area contributed by atoms with Gasteiger partial charge in [-0.05, 0) is 0 Å². The van der Waals surface area contributed by atoms with E-state index in [9.17, 15) is 0 Å².